The van der Waals surface area contributed by atoms with Crippen molar-refractivity contribution in [3.63, 3.8) is 0 Å². The molecule has 1 aromatic rings. The predicted octanol–water partition coefficient (Wildman–Crippen LogP) is 3.95. The van der Waals surface area contributed by atoms with Gasteiger partial charge in [0.15, 0.2) is 0 Å². The lowest BCUT2D eigenvalue weighted by Crippen LogP contribution is -2.09. The van der Waals surface area contributed by atoms with E-state index in [4.69, 9.17) is 5.11 Å². The van der Waals surface area contributed by atoms with Gasteiger partial charge in [-0.25, -0.2) is 4.79 Å². The van der Waals surface area contributed by atoms with Crippen LogP contribution < -0.4 is 0 Å². The summed E-state index contributed by atoms with van der Waals surface area (Å²) in [5.41, 5.74) is 1.98. The molecule has 0 aliphatic heterocycles. The number of nitrogens with zero attached hydrogens (tertiary/aromatic N) is 1. The number of carboxylic acid groups (broad SMARTS) is 1. The Hall–Kier alpha value is -0.800. The average Bonchev–Trinajstić information content (AvgIpc) is 2.16. The zero-order valence-electron chi connectivity index (χ0n) is 11.1. The number of hydrogen-bond donors (Lipinski definition) is 1. The van der Waals surface area contributed by atoms with Crippen LogP contribution in [0.15, 0.2) is 12.1 Å². The first-order chi connectivity index (χ1) is 7.41. The molecule has 1 rings (SSSR count). The van der Waals surface area contributed by atoms with Crippen LogP contribution in [0, 0.1) is 5.92 Å². The molecule has 0 aliphatic rings. The molecule has 0 aliphatic carbocycles. The first-order valence-corrected chi connectivity index (χ1v) is 5.65. The van der Waals surface area contributed by atoms with Gasteiger partial charge in [-0.3, -0.25) is 4.98 Å². The summed E-state index contributed by atoms with van der Waals surface area (Å²) in [5, 5.41) is 9.05. The van der Waals surface area contributed by atoms with Crippen LogP contribution in [0.5, 0.6) is 0 Å². The zero-order chi connectivity index (χ0) is 12.3. The number of carboxylic acids is 1. The number of halogens is 2. The third-order valence-electron chi connectivity index (χ3n) is 2.38. The Morgan fingerprint density at radius 1 is 1.22 bits per heavy atom. The van der Waals surface area contributed by atoms with Crippen molar-refractivity contribution in [1.29, 1.82) is 0 Å². The van der Waals surface area contributed by atoms with Gasteiger partial charge in [-0.05, 0) is 30.4 Å². The summed E-state index contributed by atoms with van der Waals surface area (Å²) >= 11 is 0. The molecule has 1 N–H and O–H groups in total. The molecule has 0 saturated carbocycles. The lowest BCUT2D eigenvalue weighted by Gasteiger charge is -2.12. The van der Waals surface area contributed by atoms with Crippen molar-refractivity contribution in [3.05, 3.63) is 29.1 Å². The fourth-order valence-corrected chi connectivity index (χ4v) is 1.67. The van der Waals surface area contributed by atoms with Crippen LogP contribution in [0.1, 0.15) is 55.4 Å². The van der Waals surface area contributed by atoms with Gasteiger partial charge >= 0.3 is 5.97 Å². The highest BCUT2D eigenvalue weighted by molar-refractivity contribution is 5.89. The number of rotatable bonds is 4. The van der Waals surface area contributed by atoms with E-state index in [2.05, 4.69) is 18.8 Å². The van der Waals surface area contributed by atoms with E-state index in [1.54, 1.807) is 6.07 Å². The maximum absolute atomic E-state index is 11.0. The minimum absolute atomic E-state index is 0. The molecule has 3 nitrogen and oxygen atoms in total. The second kappa shape index (κ2) is 8.33. The number of aromatic nitrogens is 1. The quantitative estimate of drug-likeness (QED) is 0.915. The number of aromatic carboxylic acids is 1. The molecule has 5 heteroatoms. The Morgan fingerprint density at radius 2 is 1.78 bits per heavy atom. The second-order valence-corrected chi connectivity index (χ2v) is 4.79. The Balaban J connectivity index is 0. The van der Waals surface area contributed by atoms with Crippen molar-refractivity contribution in [1.82, 2.24) is 4.98 Å². The summed E-state index contributed by atoms with van der Waals surface area (Å²) in [5.74, 6) is -0.228. The molecule has 1 aromatic heterocycles. The van der Waals surface area contributed by atoms with E-state index >= 15 is 0 Å². The van der Waals surface area contributed by atoms with Gasteiger partial charge in [-0.1, -0.05) is 27.7 Å². The van der Waals surface area contributed by atoms with Crippen molar-refractivity contribution >= 4 is 30.8 Å². The molecular weight excluding hydrogens is 273 g/mol. The summed E-state index contributed by atoms with van der Waals surface area (Å²) in [6, 6.07) is 3.48. The molecule has 0 saturated heterocycles. The summed E-state index contributed by atoms with van der Waals surface area (Å²) in [4.78, 5) is 15.5. The summed E-state index contributed by atoms with van der Waals surface area (Å²) in [6.45, 7) is 8.19. The van der Waals surface area contributed by atoms with E-state index in [-0.39, 0.29) is 30.7 Å². The van der Waals surface area contributed by atoms with Crippen LogP contribution in [0.4, 0.5) is 0 Å². The van der Waals surface area contributed by atoms with Crippen LogP contribution in [0.3, 0.4) is 0 Å². The molecular formula is C13H21Cl2NO2. The molecule has 104 valence electrons. The first kappa shape index (κ1) is 19.5. The number of pyridine rings is 1. The second-order valence-electron chi connectivity index (χ2n) is 4.79. The highest BCUT2D eigenvalue weighted by Gasteiger charge is 2.15. The van der Waals surface area contributed by atoms with Gasteiger partial charge in [0.25, 0.3) is 0 Å². The van der Waals surface area contributed by atoms with Gasteiger partial charge < -0.3 is 5.11 Å². The monoisotopic (exact) mass is 293 g/mol. The molecule has 0 aromatic carbocycles. The molecule has 0 fully saturated rings. The molecule has 0 amide bonds. The third kappa shape index (κ3) is 5.23. The Bertz CT molecular complexity index is 393. The Kier molecular flexibility index (Phi) is 9.04. The topological polar surface area (TPSA) is 50.2 Å². The van der Waals surface area contributed by atoms with E-state index in [0.717, 1.165) is 12.1 Å². The largest absolute Gasteiger partial charge is 0.478 e. The minimum atomic E-state index is -0.896. The van der Waals surface area contributed by atoms with E-state index in [1.165, 1.54) is 0 Å². The number of carbonyl (C=O) groups is 1. The lowest BCUT2D eigenvalue weighted by atomic mass is 10.0. The van der Waals surface area contributed by atoms with Gasteiger partial charge in [0.2, 0.25) is 0 Å². The molecule has 0 radical (unpaired) electrons. The fraction of sp³-hybridized carbons (Fsp3) is 0.538. The summed E-state index contributed by atoms with van der Waals surface area (Å²) in [7, 11) is 0. The van der Waals surface area contributed by atoms with Gasteiger partial charge in [-0.15, -0.1) is 24.8 Å². The van der Waals surface area contributed by atoms with E-state index in [1.807, 2.05) is 19.9 Å². The van der Waals surface area contributed by atoms with Crippen LogP contribution in [0.25, 0.3) is 0 Å². The number of hydrogen-bond acceptors (Lipinski definition) is 2. The third-order valence-corrected chi connectivity index (χ3v) is 2.38. The first-order valence-electron chi connectivity index (χ1n) is 5.65. The maximum Gasteiger partial charge on any atom is 0.337 e. The van der Waals surface area contributed by atoms with Crippen molar-refractivity contribution in [2.75, 3.05) is 0 Å². The van der Waals surface area contributed by atoms with Crippen LogP contribution in [0.2, 0.25) is 0 Å². The highest BCUT2D eigenvalue weighted by atomic mass is 35.5. The summed E-state index contributed by atoms with van der Waals surface area (Å²) in [6.07, 6.45) is 0.889. The van der Waals surface area contributed by atoms with Gasteiger partial charge in [0.05, 0.1) is 11.3 Å². The van der Waals surface area contributed by atoms with Crippen LogP contribution in [-0.2, 0) is 6.42 Å². The minimum Gasteiger partial charge on any atom is -0.478 e. The standard InChI is InChI=1S/C13H19NO2.2ClH/c1-8(2)7-10-5-6-11(13(15)16)12(14-10)9(3)4;;/h5-6,8-9H,7H2,1-4H3,(H,15,16);2*1H. The van der Waals surface area contributed by atoms with Crippen LogP contribution >= 0.6 is 24.8 Å². The van der Waals surface area contributed by atoms with Gasteiger partial charge in [0, 0.05) is 5.69 Å². The summed E-state index contributed by atoms with van der Waals surface area (Å²) < 4.78 is 0. The van der Waals surface area contributed by atoms with Crippen molar-refractivity contribution in [2.24, 2.45) is 5.92 Å². The molecule has 0 bridgehead atoms. The van der Waals surface area contributed by atoms with E-state index < -0.39 is 5.97 Å². The Labute approximate surface area is 121 Å². The van der Waals surface area contributed by atoms with Crippen LogP contribution in [-0.4, -0.2) is 16.1 Å². The zero-order valence-corrected chi connectivity index (χ0v) is 12.8. The van der Waals surface area contributed by atoms with Gasteiger partial charge in [0.1, 0.15) is 0 Å². The molecule has 0 atom stereocenters. The van der Waals surface area contributed by atoms with Crippen molar-refractivity contribution in [3.8, 4) is 0 Å². The van der Waals surface area contributed by atoms with Gasteiger partial charge in [-0.2, -0.15) is 0 Å². The molecule has 0 unspecified atom stereocenters. The SMILES string of the molecule is CC(C)Cc1ccc(C(=O)O)c(C(C)C)n1.Cl.Cl. The highest BCUT2D eigenvalue weighted by Crippen LogP contribution is 2.19. The lowest BCUT2D eigenvalue weighted by molar-refractivity contribution is 0.0694. The predicted molar refractivity (Wildman–Crippen MR) is 78.3 cm³/mol. The van der Waals surface area contributed by atoms with Crippen molar-refractivity contribution < 1.29 is 9.90 Å². The normalized spacial score (nSPS) is 9.89. The maximum atomic E-state index is 11.0. The van der Waals surface area contributed by atoms with E-state index in [0.29, 0.717) is 17.2 Å². The molecule has 18 heavy (non-hydrogen) atoms. The fourth-order valence-electron chi connectivity index (χ4n) is 1.67. The molecule has 1 heterocycles. The smallest absolute Gasteiger partial charge is 0.337 e. The van der Waals surface area contributed by atoms with E-state index in [9.17, 15) is 4.79 Å². The Morgan fingerprint density at radius 3 is 2.17 bits per heavy atom. The molecule has 0 spiro atoms. The van der Waals surface area contributed by atoms with Crippen molar-refractivity contribution in [2.45, 2.75) is 40.0 Å². The average molecular weight is 294 g/mol.